The molecule has 4 heteroatoms. The van der Waals surface area contributed by atoms with Crippen molar-refractivity contribution in [1.29, 1.82) is 0 Å². The van der Waals surface area contributed by atoms with Gasteiger partial charge in [0, 0.05) is 11.1 Å². The molecule has 4 N–H and O–H groups in total. The Morgan fingerprint density at radius 1 is 0.900 bits per heavy atom. The molecule has 2 aromatic carbocycles. The highest BCUT2D eigenvalue weighted by molar-refractivity contribution is 6.08. The Kier molecular flexibility index (Phi) is 4.27. The van der Waals surface area contributed by atoms with Crippen molar-refractivity contribution >= 4 is 11.7 Å². The molecule has 102 valence electrons. The lowest BCUT2D eigenvalue weighted by Crippen LogP contribution is -2.38. The van der Waals surface area contributed by atoms with Crippen LogP contribution in [0.1, 0.15) is 21.5 Å². The van der Waals surface area contributed by atoms with Gasteiger partial charge in [-0.2, -0.15) is 0 Å². The van der Waals surface area contributed by atoms with Crippen molar-refractivity contribution in [2.75, 3.05) is 0 Å². The third-order valence-electron chi connectivity index (χ3n) is 3.07. The standard InChI is InChI=1S/C16H16N2O2/c17-14(16(18)20)10-11-6-8-13(9-7-11)15(19)12-4-2-1-3-5-12/h1-9,14H,10,17H2,(H2,18,20)/t14-/m0/s1. The molecule has 2 rings (SSSR count). The molecule has 0 aliphatic heterocycles. The van der Waals surface area contributed by atoms with Crippen molar-refractivity contribution in [3.63, 3.8) is 0 Å². The molecule has 1 amide bonds. The number of carbonyl (C=O) groups excluding carboxylic acids is 2. The van der Waals surface area contributed by atoms with Crippen LogP contribution >= 0.6 is 0 Å². The molecule has 20 heavy (non-hydrogen) atoms. The molecule has 0 spiro atoms. The number of primary amides is 1. The quantitative estimate of drug-likeness (QED) is 0.801. The highest BCUT2D eigenvalue weighted by atomic mass is 16.1. The van der Waals surface area contributed by atoms with E-state index in [1.165, 1.54) is 0 Å². The van der Waals surface area contributed by atoms with E-state index in [-0.39, 0.29) is 5.78 Å². The summed E-state index contributed by atoms with van der Waals surface area (Å²) in [5.41, 5.74) is 12.8. The largest absolute Gasteiger partial charge is 0.368 e. The third-order valence-corrected chi connectivity index (χ3v) is 3.07. The van der Waals surface area contributed by atoms with Crippen LogP contribution in [-0.2, 0) is 11.2 Å². The van der Waals surface area contributed by atoms with Gasteiger partial charge in [0.15, 0.2) is 5.78 Å². The highest BCUT2D eigenvalue weighted by Crippen LogP contribution is 2.12. The second-order valence-electron chi connectivity index (χ2n) is 4.61. The molecule has 0 fully saturated rings. The molecule has 0 aromatic heterocycles. The molecule has 0 aliphatic carbocycles. The summed E-state index contributed by atoms with van der Waals surface area (Å²) in [7, 11) is 0. The van der Waals surface area contributed by atoms with Crippen molar-refractivity contribution in [2.24, 2.45) is 11.5 Å². The van der Waals surface area contributed by atoms with Crippen LogP contribution in [0.3, 0.4) is 0 Å². The lowest BCUT2D eigenvalue weighted by atomic mass is 10.00. The Hall–Kier alpha value is -2.46. The zero-order valence-corrected chi connectivity index (χ0v) is 11.0. The smallest absolute Gasteiger partial charge is 0.234 e. The number of carbonyl (C=O) groups is 2. The Labute approximate surface area is 117 Å². The van der Waals surface area contributed by atoms with Crippen LogP contribution in [0.25, 0.3) is 0 Å². The number of nitrogens with two attached hydrogens (primary N) is 2. The third kappa shape index (κ3) is 3.30. The van der Waals surface area contributed by atoms with E-state index in [0.29, 0.717) is 17.5 Å². The minimum absolute atomic E-state index is 0.0312. The molecule has 2 aromatic rings. The van der Waals surface area contributed by atoms with E-state index < -0.39 is 11.9 Å². The molecule has 0 heterocycles. The van der Waals surface area contributed by atoms with Crippen molar-refractivity contribution < 1.29 is 9.59 Å². The maximum atomic E-state index is 12.2. The normalized spacial score (nSPS) is 11.8. The second kappa shape index (κ2) is 6.12. The van der Waals surface area contributed by atoms with Gasteiger partial charge in [0.25, 0.3) is 0 Å². The fourth-order valence-corrected chi connectivity index (χ4v) is 1.90. The average molecular weight is 268 g/mol. The summed E-state index contributed by atoms with van der Waals surface area (Å²) in [6.07, 6.45) is 0.370. The van der Waals surface area contributed by atoms with Crippen LogP contribution in [0.4, 0.5) is 0 Å². The Morgan fingerprint density at radius 3 is 2.00 bits per heavy atom. The number of hydrogen-bond donors (Lipinski definition) is 2. The van der Waals surface area contributed by atoms with Gasteiger partial charge < -0.3 is 11.5 Å². The van der Waals surface area contributed by atoms with Gasteiger partial charge in [-0.25, -0.2) is 0 Å². The zero-order chi connectivity index (χ0) is 14.5. The van der Waals surface area contributed by atoms with E-state index in [2.05, 4.69) is 0 Å². The van der Waals surface area contributed by atoms with Crippen LogP contribution in [0.5, 0.6) is 0 Å². The Morgan fingerprint density at radius 2 is 1.45 bits per heavy atom. The number of benzene rings is 2. The lowest BCUT2D eigenvalue weighted by molar-refractivity contribution is -0.119. The molecule has 0 aliphatic rings. The van der Waals surface area contributed by atoms with Crippen LogP contribution in [-0.4, -0.2) is 17.7 Å². The van der Waals surface area contributed by atoms with Crippen molar-refractivity contribution in [2.45, 2.75) is 12.5 Å². The topological polar surface area (TPSA) is 86.2 Å². The van der Waals surface area contributed by atoms with Gasteiger partial charge in [0.1, 0.15) is 0 Å². The molecular formula is C16H16N2O2. The van der Waals surface area contributed by atoms with Gasteiger partial charge >= 0.3 is 0 Å². The first-order chi connectivity index (χ1) is 9.58. The SMILES string of the molecule is NC(=O)[C@@H](N)Cc1ccc(C(=O)c2ccccc2)cc1. The van der Waals surface area contributed by atoms with Crippen molar-refractivity contribution in [3.8, 4) is 0 Å². The van der Waals surface area contributed by atoms with Gasteiger partial charge in [-0.3, -0.25) is 9.59 Å². The molecule has 0 saturated heterocycles. The molecule has 4 nitrogen and oxygen atoms in total. The van der Waals surface area contributed by atoms with Gasteiger partial charge in [-0.1, -0.05) is 54.6 Å². The predicted octanol–water partition coefficient (Wildman–Crippen LogP) is 1.27. The molecular weight excluding hydrogens is 252 g/mol. The molecule has 0 radical (unpaired) electrons. The first-order valence-electron chi connectivity index (χ1n) is 6.31. The van der Waals surface area contributed by atoms with Gasteiger partial charge in [0.2, 0.25) is 5.91 Å². The fourth-order valence-electron chi connectivity index (χ4n) is 1.90. The Balaban J connectivity index is 2.12. The summed E-state index contributed by atoms with van der Waals surface area (Å²) in [5, 5.41) is 0. The van der Waals surface area contributed by atoms with Crippen molar-refractivity contribution in [3.05, 3.63) is 71.3 Å². The van der Waals surface area contributed by atoms with E-state index in [0.717, 1.165) is 5.56 Å². The maximum Gasteiger partial charge on any atom is 0.234 e. The number of amides is 1. The van der Waals surface area contributed by atoms with Crippen LogP contribution in [0, 0.1) is 0 Å². The van der Waals surface area contributed by atoms with Gasteiger partial charge in [-0.05, 0) is 12.0 Å². The molecule has 0 bridgehead atoms. The van der Waals surface area contributed by atoms with Crippen LogP contribution in [0.15, 0.2) is 54.6 Å². The maximum absolute atomic E-state index is 12.2. The summed E-state index contributed by atoms with van der Waals surface area (Å²) in [4.78, 5) is 23.1. The summed E-state index contributed by atoms with van der Waals surface area (Å²) >= 11 is 0. The number of ketones is 1. The van der Waals surface area contributed by atoms with Crippen molar-refractivity contribution in [1.82, 2.24) is 0 Å². The summed E-state index contributed by atoms with van der Waals surface area (Å²) < 4.78 is 0. The number of hydrogen-bond acceptors (Lipinski definition) is 3. The summed E-state index contributed by atoms with van der Waals surface area (Å²) in [6.45, 7) is 0. The fraction of sp³-hybridized carbons (Fsp3) is 0.125. The van der Waals surface area contributed by atoms with Gasteiger partial charge in [-0.15, -0.1) is 0 Å². The zero-order valence-electron chi connectivity index (χ0n) is 11.0. The van der Waals surface area contributed by atoms with Gasteiger partial charge in [0.05, 0.1) is 6.04 Å². The first kappa shape index (κ1) is 14.0. The predicted molar refractivity (Wildman–Crippen MR) is 77.2 cm³/mol. The summed E-state index contributed by atoms with van der Waals surface area (Å²) in [6, 6.07) is 15.4. The first-order valence-corrected chi connectivity index (χ1v) is 6.31. The van der Waals surface area contributed by atoms with E-state index in [1.807, 2.05) is 18.2 Å². The van der Waals surface area contributed by atoms with Crippen LogP contribution in [0.2, 0.25) is 0 Å². The summed E-state index contributed by atoms with van der Waals surface area (Å²) in [5.74, 6) is -0.564. The monoisotopic (exact) mass is 268 g/mol. The average Bonchev–Trinajstić information content (AvgIpc) is 2.48. The number of rotatable bonds is 5. The van der Waals surface area contributed by atoms with E-state index in [1.54, 1.807) is 36.4 Å². The lowest BCUT2D eigenvalue weighted by Gasteiger charge is -2.08. The second-order valence-corrected chi connectivity index (χ2v) is 4.61. The van der Waals surface area contributed by atoms with Crippen LogP contribution < -0.4 is 11.5 Å². The van der Waals surface area contributed by atoms with E-state index >= 15 is 0 Å². The molecule has 1 atom stereocenters. The minimum Gasteiger partial charge on any atom is -0.368 e. The minimum atomic E-state index is -0.703. The Bertz CT molecular complexity index is 606. The highest BCUT2D eigenvalue weighted by Gasteiger charge is 2.11. The van der Waals surface area contributed by atoms with E-state index in [9.17, 15) is 9.59 Å². The molecule has 0 saturated carbocycles. The van der Waals surface area contributed by atoms with E-state index in [4.69, 9.17) is 11.5 Å². The molecule has 0 unspecified atom stereocenters.